The molecule has 1 aromatic carbocycles. The molecule has 2 N–H and O–H groups in total. The summed E-state index contributed by atoms with van der Waals surface area (Å²) >= 11 is 0. The Balaban J connectivity index is 2.90. The van der Waals surface area contributed by atoms with Crippen molar-refractivity contribution in [3.05, 3.63) is 34.9 Å². The lowest BCUT2D eigenvalue weighted by atomic mass is 9.99. The normalized spacial score (nSPS) is 13.8. The van der Waals surface area contributed by atoms with Crippen LogP contribution in [0.5, 0.6) is 0 Å². The molecule has 96 valence electrons. The van der Waals surface area contributed by atoms with E-state index in [2.05, 4.69) is 0 Å². The molecular formula is C12H16F3NO. The monoisotopic (exact) mass is 247 g/mol. The minimum Gasteiger partial charge on any atom is -0.380 e. The van der Waals surface area contributed by atoms with Gasteiger partial charge in [-0.3, -0.25) is 0 Å². The van der Waals surface area contributed by atoms with Crippen LogP contribution in [0, 0.1) is 6.92 Å². The van der Waals surface area contributed by atoms with E-state index in [-0.39, 0.29) is 0 Å². The average molecular weight is 247 g/mol. The maximum atomic E-state index is 12.4. The van der Waals surface area contributed by atoms with Crippen LogP contribution < -0.4 is 5.73 Å². The first-order valence-corrected chi connectivity index (χ1v) is 5.37. The topological polar surface area (TPSA) is 35.2 Å². The van der Waals surface area contributed by atoms with Gasteiger partial charge in [-0.05, 0) is 37.1 Å². The smallest absolute Gasteiger partial charge is 0.380 e. The summed E-state index contributed by atoms with van der Waals surface area (Å²) < 4.78 is 42.5. The SMILES string of the molecule is CCOCC(N)c1ccc(C(F)(F)F)cc1C. The lowest BCUT2D eigenvalue weighted by molar-refractivity contribution is -0.137. The number of rotatable bonds is 4. The van der Waals surface area contributed by atoms with E-state index in [9.17, 15) is 13.2 Å². The van der Waals surface area contributed by atoms with Crippen LogP contribution in [0.3, 0.4) is 0 Å². The van der Waals surface area contributed by atoms with Crippen LogP contribution >= 0.6 is 0 Å². The van der Waals surface area contributed by atoms with Gasteiger partial charge in [-0.15, -0.1) is 0 Å². The van der Waals surface area contributed by atoms with Crippen molar-refractivity contribution in [2.24, 2.45) is 5.73 Å². The first-order valence-electron chi connectivity index (χ1n) is 5.37. The Morgan fingerprint density at radius 1 is 1.35 bits per heavy atom. The van der Waals surface area contributed by atoms with E-state index in [1.807, 2.05) is 6.92 Å². The molecule has 17 heavy (non-hydrogen) atoms. The summed E-state index contributed by atoms with van der Waals surface area (Å²) in [6.45, 7) is 4.30. The van der Waals surface area contributed by atoms with E-state index in [0.29, 0.717) is 24.3 Å². The molecule has 0 bridgehead atoms. The van der Waals surface area contributed by atoms with E-state index in [4.69, 9.17) is 10.5 Å². The van der Waals surface area contributed by atoms with Gasteiger partial charge in [0.1, 0.15) is 0 Å². The van der Waals surface area contributed by atoms with E-state index >= 15 is 0 Å². The number of ether oxygens (including phenoxy) is 1. The molecule has 0 spiro atoms. The molecule has 1 aromatic rings. The number of alkyl halides is 3. The Hall–Kier alpha value is -1.07. The largest absolute Gasteiger partial charge is 0.416 e. The van der Waals surface area contributed by atoms with Crippen molar-refractivity contribution < 1.29 is 17.9 Å². The summed E-state index contributed by atoms with van der Waals surface area (Å²) in [6, 6.07) is 3.19. The standard InChI is InChI=1S/C12H16F3NO/c1-3-17-7-11(16)10-5-4-9(6-8(10)2)12(13,14)15/h4-6,11H,3,7,16H2,1-2H3. The first-order chi connectivity index (χ1) is 7.86. The Kier molecular flexibility index (Phi) is 4.54. The highest BCUT2D eigenvalue weighted by atomic mass is 19.4. The van der Waals surface area contributed by atoms with Gasteiger partial charge in [0, 0.05) is 6.61 Å². The van der Waals surface area contributed by atoms with Crippen molar-refractivity contribution in [1.29, 1.82) is 0 Å². The van der Waals surface area contributed by atoms with Gasteiger partial charge >= 0.3 is 6.18 Å². The zero-order valence-electron chi connectivity index (χ0n) is 9.84. The van der Waals surface area contributed by atoms with Crippen molar-refractivity contribution in [2.45, 2.75) is 26.1 Å². The van der Waals surface area contributed by atoms with Gasteiger partial charge in [-0.1, -0.05) is 6.07 Å². The average Bonchev–Trinajstić information content (AvgIpc) is 2.24. The second-order valence-electron chi connectivity index (χ2n) is 3.84. The van der Waals surface area contributed by atoms with Crippen LogP contribution in [0.1, 0.15) is 29.7 Å². The first kappa shape index (κ1) is 14.0. The highest BCUT2D eigenvalue weighted by Gasteiger charge is 2.30. The molecule has 1 atom stereocenters. The summed E-state index contributed by atoms with van der Waals surface area (Å²) in [5.41, 5.74) is 6.41. The second kappa shape index (κ2) is 5.51. The number of aryl methyl sites for hydroxylation is 1. The highest BCUT2D eigenvalue weighted by molar-refractivity contribution is 5.34. The second-order valence-corrected chi connectivity index (χ2v) is 3.84. The summed E-state index contributed by atoms with van der Waals surface area (Å²) in [5.74, 6) is 0. The molecule has 5 heteroatoms. The molecule has 0 saturated carbocycles. The van der Waals surface area contributed by atoms with Crippen molar-refractivity contribution in [3.8, 4) is 0 Å². The minimum absolute atomic E-state index is 0.308. The number of nitrogens with two attached hydrogens (primary N) is 1. The number of hydrogen-bond acceptors (Lipinski definition) is 2. The van der Waals surface area contributed by atoms with Gasteiger partial charge in [-0.25, -0.2) is 0 Å². The van der Waals surface area contributed by atoms with Crippen LogP contribution in [-0.4, -0.2) is 13.2 Å². The van der Waals surface area contributed by atoms with Crippen molar-refractivity contribution in [1.82, 2.24) is 0 Å². The quantitative estimate of drug-likeness (QED) is 0.887. The third-order valence-corrected chi connectivity index (χ3v) is 2.50. The zero-order chi connectivity index (χ0) is 13.1. The number of hydrogen-bond donors (Lipinski definition) is 1. The molecule has 0 heterocycles. The lowest BCUT2D eigenvalue weighted by Gasteiger charge is -2.16. The predicted molar refractivity (Wildman–Crippen MR) is 59.6 cm³/mol. The van der Waals surface area contributed by atoms with Gasteiger partial charge in [-0.2, -0.15) is 13.2 Å². The van der Waals surface area contributed by atoms with Gasteiger partial charge in [0.05, 0.1) is 18.2 Å². The van der Waals surface area contributed by atoms with Crippen molar-refractivity contribution in [3.63, 3.8) is 0 Å². The lowest BCUT2D eigenvalue weighted by Crippen LogP contribution is -2.18. The van der Waals surface area contributed by atoms with Gasteiger partial charge in [0.2, 0.25) is 0 Å². The summed E-state index contributed by atoms with van der Waals surface area (Å²) in [4.78, 5) is 0. The Morgan fingerprint density at radius 2 is 2.00 bits per heavy atom. The van der Waals surface area contributed by atoms with E-state index in [1.54, 1.807) is 6.92 Å². The van der Waals surface area contributed by atoms with Gasteiger partial charge in [0.25, 0.3) is 0 Å². The fourth-order valence-corrected chi connectivity index (χ4v) is 1.60. The predicted octanol–water partition coefficient (Wildman–Crippen LogP) is 3.05. The summed E-state index contributed by atoms with van der Waals surface area (Å²) in [6.07, 6.45) is -4.31. The number of halogens is 3. The van der Waals surface area contributed by atoms with Gasteiger partial charge < -0.3 is 10.5 Å². The van der Waals surface area contributed by atoms with Crippen LogP contribution in [0.4, 0.5) is 13.2 Å². The molecule has 0 saturated heterocycles. The van der Waals surface area contributed by atoms with Gasteiger partial charge in [0.15, 0.2) is 0 Å². The molecule has 0 aliphatic carbocycles. The van der Waals surface area contributed by atoms with E-state index in [0.717, 1.165) is 12.1 Å². The molecule has 0 aliphatic rings. The summed E-state index contributed by atoms with van der Waals surface area (Å²) in [5, 5.41) is 0. The molecule has 0 fully saturated rings. The van der Waals surface area contributed by atoms with Crippen LogP contribution in [0.25, 0.3) is 0 Å². The molecule has 1 rings (SSSR count). The molecule has 0 aliphatic heterocycles. The molecule has 0 aromatic heterocycles. The molecule has 2 nitrogen and oxygen atoms in total. The number of benzene rings is 1. The van der Waals surface area contributed by atoms with Crippen molar-refractivity contribution >= 4 is 0 Å². The maximum Gasteiger partial charge on any atom is 0.416 e. The fourth-order valence-electron chi connectivity index (χ4n) is 1.60. The third-order valence-electron chi connectivity index (χ3n) is 2.50. The van der Waals surface area contributed by atoms with Crippen molar-refractivity contribution in [2.75, 3.05) is 13.2 Å². The Labute approximate surface area is 98.6 Å². The van der Waals surface area contributed by atoms with E-state index in [1.165, 1.54) is 6.07 Å². The molecule has 0 radical (unpaired) electrons. The Morgan fingerprint density at radius 3 is 2.47 bits per heavy atom. The van der Waals surface area contributed by atoms with Crippen LogP contribution in [-0.2, 0) is 10.9 Å². The molecule has 1 unspecified atom stereocenters. The zero-order valence-corrected chi connectivity index (χ0v) is 9.84. The summed E-state index contributed by atoms with van der Waals surface area (Å²) in [7, 11) is 0. The third kappa shape index (κ3) is 3.71. The van der Waals surface area contributed by atoms with Crippen LogP contribution in [0.2, 0.25) is 0 Å². The highest BCUT2D eigenvalue weighted by Crippen LogP contribution is 2.31. The molecule has 0 amide bonds. The van der Waals surface area contributed by atoms with Crippen LogP contribution in [0.15, 0.2) is 18.2 Å². The maximum absolute atomic E-state index is 12.4. The van der Waals surface area contributed by atoms with E-state index < -0.39 is 17.8 Å². The Bertz CT molecular complexity index is 377. The minimum atomic E-state index is -4.31. The fraction of sp³-hybridized carbons (Fsp3) is 0.500. The molecular weight excluding hydrogens is 231 g/mol.